The molecule has 0 spiro atoms. The number of rotatable bonds is 2. The number of para-hydroxylation sites is 1. The molecule has 0 aliphatic rings. The van der Waals surface area contributed by atoms with E-state index in [0.29, 0.717) is 15.9 Å². The van der Waals surface area contributed by atoms with Crippen molar-refractivity contribution in [2.45, 2.75) is 6.92 Å². The second-order valence-electron chi connectivity index (χ2n) is 3.52. The largest absolute Gasteiger partial charge is 0.448 e. The van der Waals surface area contributed by atoms with Gasteiger partial charge in [-0.3, -0.25) is 0 Å². The summed E-state index contributed by atoms with van der Waals surface area (Å²) in [7, 11) is 0. The summed E-state index contributed by atoms with van der Waals surface area (Å²) in [5.74, 6) is 5.81. The molecule has 19 heavy (non-hydrogen) atoms. The lowest BCUT2D eigenvalue weighted by Crippen LogP contribution is -2.38. The first-order chi connectivity index (χ1) is 9.04. The Labute approximate surface area is 119 Å². The van der Waals surface area contributed by atoms with E-state index < -0.39 is 6.09 Å². The van der Waals surface area contributed by atoms with Crippen LogP contribution in [0.2, 0.25) is 10.3 Å². The Hall–Kier alpha value is -1.63. The molecule has 0 saturated carbocycles. The van der Waals surface area contributed by atoms with Gasteiger partial charge in [0.25, 0.3) is 0 Å². The van der Waals surface area contributed by atoms with Crippen molar-refractivity contribution in [1.29, 1.82) is 0 Å². The Balaban J connectivity index is 2.59. The highest BCUT2D eigenvalue weighted by Crippen LogP contribution is 2.29. The highest BCUT2D eigenvalue weighted by atomic mass is 35.5. The minimum Gasteiger partial charge on any atom is -0.448 e. The van der Waals surface area contributed by atoms with Crippen LogP contribution in [0.4, 0.5) is 10.6 Å². The molecule has 2 aromatic rings. The predicted molar refractivity (Wildman–Crippen MR) is 73.2 cm³/mol. The van der Waals surface area contributed by atoms with Crippen LogP contribution in [-0.4, -0.2) is 22.7 Å². The van der Waals surface area contributed by atoms with Gasteiger partial charge in [-0.2, -0.15) is 9.99 Å². The number of hydrazine groups is 1. The maximum absolute atomic E-state index is 11.6. The van der Waals surface area contributed by atoms with E-state index in [1.165, 1.54) is 0 Å². The van der Waals surface area contributed by atoms with Crippen LogP contribution >= 0.6 is 23.2 Å². The van der Waals surface area contributed by atoms with Crippen LogP contribution < -0.4 is 10.9 Å². The minimum absolute atomic E-state index is 0.0599. The van der Waals surface area contributed by atoms with Gasteiger partial charge in [0.2, 0.25) is 5.28 Å². The van der Waals surface area contributed by atoms with Crippen molar-refractivity contribution in [2.24, 2.45) is 5.84 Å². The number of fused-ring (bicyclic) bond motifs is 1. The van der Waals surface area contributed by atoms with Gasteiger partial charge in [0.05, 0.1) is 17.1 Å². The molecular weight excluding hydrogens is 291 g/mol. The molecule has 0 aliphatic heterocycles. The standard InChI is InChI=1S/C11H10Cl2N4O2/c1-2-19-11(18)17(14)9-6-4-3-5-7(12)8(6)15-10(13)16-9/h3-5H,2,14H2,1H3. The van der Waals surface area contributed by atoms with Gasteiger partial charge < -0.3 is 4.74 Å². The first-order valence-electron chi connectivity index (χ1n) is 5.38. The normalized spacial score (nSPS) is 10.5. The number of hydrogen-bond acceptors (Lipinski definition) is 5. The number of anilines is 1. The van der Waals surface area contributed by atoms with Gasteiger partial charge in [-0.05, 0) is 30.7 Å². The van der Waals surface area contributed by atoms with E-state index in [-0.39, 0.29) is 17.7 Å². The van der Waals surface area contributed by atoms with Crippen molar-refractivity contribution >= 4 is 46.0 Å². The average molecular weight is 301 g/mol. The maximum Gasteiger partial charge on any atom is 0.430 e. The van der Waals surface area contributed by atoms with E-state index in [0.717, 1.165) is 5.01 Å². The van der Waals surface area contributed by atoms with Gasteiger partial charge in [0, 0.05) is 5.39 Å². The summed E-state index contributed by atoms with van der Waals surface area (Å²) in [5, 5.41) is 1.61. The van der Waals surface area contributed by atoms with E-state index in [4.69, 9.17) is 33.8 Å². The predicted octanol–water partition coefficient (Wildman–Crippen LogP) is 2.77. The zero-order valence-electron chi connectivity index (χ0n) is 9.93. The van der Waals surface area contributed by atoms with Crippen LogP contribution in [0.3, 0.4) is 0 Å². The van der Waals surface area contributed by atoms with Gasteiger partial charge in [-0.1, -0.05) is 17.7 Å². The zero-order valence-corrected chi connectivity index (χ0v) is 11.4. The van der Waals surface area contributed by atoms with Crippen molar-refractivity contribution in [2.75, 3.05) is 11.6 Å². The van der Waals surface area contributed by atoms with Crippen LogP contribution in [0.1, 0.15) is 6.92 Å². The van der Waals surface area contributed by atoms with E-state index in [2.05, 4.69) is 9.97 Å². The Morgan fingerprint density at radius 3 is 2.84 bits per heavy atom. The fraction of sp³-hybridized carbons (Fsp3) is 0.182. The van der Waals surface area contributed by atoms with Crippen molar-refractivity contribution in [3.63, 3.8) is 0 Å². The average Bonchev–Trinajstić information content (AvgIpc) is 2.38. The van der Waals surface area contributed by atoms with E-state index in [9.17, 15) is 4.79 Å². The van der Waals surface area contributed by atoms with Crippen LogP contribution in [0.5, 0.6) is 0 Å². The summed E-state index contributed by atoms with van der Waals surface area (Å²) >= 11 is 11.8. The van der Waals surface area contributed by atoms with Gasteiger partial charge in [-0.25, -0.2) is 15.6 Å². The van der Waals surface area contributed by atoms with E-state index in [1.807, 2.05) is 0 Å². The van der Waals surface area contributed by atoms with Crippen molar-refractivity contribution < 1.29 is 9.53 Å². The molecule has 0 fully saturated rings. The van der Waals surface area contributed by atoms with Crippen LogP contribution in [0.15, 0.2) is 18.2 Å². The fourth-order valence-electron chi connectivity index (χ4n) is 1.54. The molecule has 1 aromatic heterocycles. The molecule has 0 bridgehead atoms. The number of amides is 1. The number of hydrogen-bond donors (Lipinski definition) is 1. The third kappa shape index (κ3) is 2.70. The quantitative estimate of drug-likeness (QED) is 0.399. The van der Waals surface area contributed by atoms with Crippen molar-refractivity contribution in [3.05, 3.63) is 28.5 Å². The number of nitrogens with zero attached hydrogens (tertiary/aromatic N) is 3. The summed E-state index contributed by atoms with van der Waals surface area (Å²) in [6.07, 6.45) is -0.737. The second-order valence-corrected chi connectivity index (χ2v) is 4.27. The molecule has 8 heteroatoms. The number of aromatic nitrogens is 2. The molecule has 2 N–H and O–H groups in total. The van der Waals surface area contributed by atoms with Crippen molar-refractivity contribution in [1.82, 2.24) is 9.97 Å². The number of carbonyl (C=O) groups is 1. The number of carbonyl (C=O) groups excluding carboxylic acids is 1. The maximum atomic E-state index is 11.6. The second kappa shape index (κ2) is 5.56. The van der Waals surface area contributed by atoms with Gasteiger partial charge in [-0.15, -0.1) is 0 Å². The Morgan fingerprint density at radius 2 is 2.16 bits per heavy atom. The number of nitrogens with two attached hydrogens (primary N) is 1. The summed E-state index contributed by atoms with van der Waals surface area (Å²) in [6.45, 7) is 1.87. The van der Waals surface area contributed by atoms with E-state index in [1.54, 1.807) is 25.1 Å². The number of halogens is 2. The lowest BCUT2D eigenvalue weighted by Gasteiger charge is -2.16. The Morgan fingerprint density at radius 1 is 1.42 bits per heavy atom. The minimum atomic E-state index is -0.737. The first-order valence-corrected chi connectivity index (χ1v) is 6.13. The highest BCUT2D eigenvalue weighted by molar-refractivity contribution is 6.36. The summed E-state index contributed by atoms with van der Waals surface area (Å²) in [6, 6.07) is 5.04. The molecule has 1 heterocycles. The molecule has 0 unspecified atom stereocenters. The molecular formula is C11H10Cl2N4O2. The summed E-state index contributed by atoms with van der Waals surface area (Å²) in [4.78, 5) is 19.6. The molecule has 0 atom stereocenters. The first kappa shape index (κ1) is 13.8. The molecule has 1 amide bonds. The van der Waals surface area contributed by atoms with Gasteiger partial charge in [0.1, 0.15) is 0 Å². The zero-order chi connectivity index (χ0) is 14.0. The topological polar surface area (TPSA) is 81.3 Å². The molecule has 0 radical (unpaired) electrons. The molecule has 0 aliphatic carbocycles. The molecule has 0 saturated heterocycles. The van der Waals surface area contributed by atoms with Gasteiger partial charge >= 0.3 is 6.09 Å². The van der Waals surface area contributed by atoms with Crippen LogP contribution in [-0.2, 0) is 4.74 Å². The van der Waals surface area contributed by atoms with Gasteiger partial charge in [0.15, 0.2) is 5.82 Å². The lowest BCUT2D eigenvalue weighted by molar-refractivity contribution is 0.159. The molecule has 100 valence electrons. The third-order valence-electron chi connectivity index (χ3n) is 2.32. The number of ether oxygens (including phenoxy) is 1. The third-order valence-corrected chi connectivity index (χ3v) is 2.80. The highest BCUT2D eigenvalue weighted by Gasteiger charge is 2.19. The van der Waals surface area contributed by atoms with Crippen molar-refractivity contribution in [3.8, 4) is 0 Å². The SMILES string of the molecule is CCOC(=O)N(N)c1nc(Cl)nc2c(Cl)cccc12. The molecule has 6 nitrogen and oxygen atoms in total. The fourth-order valence-corrected chi connectivity index (χ4v) is 1.92. The smallest absolute Gasteiger partial charge is 0.430 e. The van der Waals surface area contributed by atoms with Crippen LogP contribution in [0, 0.1) is 0 Å². The molecule has 2 rings (SSSR count). The van der Waals surface area contributed by atoms with E-state index >= 15 is 0 Å². The number of benzene rings is 1. The lowest BCUT2D eigenvalue weighted by atomic mass is 10.2. The monoisotopic (exact) mass is 300 g/mol. The Bertz CT molecular complexity index is 635. The van der Waals surface area contributed by atoms with Crippen LogP contribution in [0.25, 0.3) is 10.9 Å². The summed E-state index contributed by atoms with van der Waals surface area (Å²) < 4.78 is 4.80. The Kier molecular flexibility index (Phi) is 4.04. The summed E-state index contributed by atoms with van der Waals surface area (Å²) in [5.41, 5.74) is 0.416. The molecule has 1 aromatic carbocycles.